The number of rotatable bonds is 5. The molecule has 134 valence electrons. The summed E-state index contributed by atoms with van der Waals surface area (Å²) >= 11 is 1.28. The fourth-order valence-electron chi connectivity index (χ4n) is 3.25. The standard InChI is InChI=1S/C21H16N2O3S/c24-19(16-9-5-11-27-16)17-18(15-8-4-10-22-12-15)23(21(26)20(17)25)13-14-6-2-1-3-7-14/h1-12,18,25H,13H2/t18-/m0/s1. The molecule has 27 heavy (non-hydrogen) atoms. The summed E-state index contributed by atoms with van der Waals surface area (Å²) in [5, 5.41) is 12.4. The molecular formula is C21H16N2O3S. The molecule has 0 unspecified atom stereocenters. The number of carbonyl (C=O) groups excluding carboxylic acids is 2. The number of Topliss-reactive ketones (excluding diaryl/α,β-unsaturated/α-hetero) is 1. The monoisotopic (exact) mass is 376 g/mol. The van der Waals surface area contributed by atoms with Gasteiger partial charge < -0.3 is 10.0 Å². The zero-order valence-electron chi connectivity index (χ0n) is 14.3. The van der Waals surface area contributed by atoms with Crippen LogP contribution in [0.3, 0.4) is 0 Å². The van der Waals surface area contributed by atoms with E-state index < -0.39 is 17.7 Å². The molecule has 0 bridgehead atoms. The van der Waals surface area contributed by atoms with E-state index >= 15 is 0 Å². The van der Waals surface area contributed by atoms with Crippen LogP contribution in [0.15, 0.2) is 83.7 Å². The molecule has 0 fully saturated rings. The lowest BCUT2D eigenvalue weighted by Gasteiger charge is -2.26. The molecule has 1 aromatic carbocycles. The van der Waals surface area contributed by atoms with E-state index in [2.05, 4.69) is 4.98 Å². The van der Waals surface area contributed by atoms with E-state index in [0.29, 0.717) is 10.4 Å². The van der Waals surface area contributed by atoms with Crippen LogP contribution in [0.25, 0.3) is 0 Å². The zero-order valence-corrected chi connectivity index (χ0v) is 15.1. The number of hydrogen-bond donors (Lipinski definition) is 1. The van der Waals surface area contributed by atoms with E-state index in [1.807, 2.05) is 36.4 Å². The number of thiophene rings is 1. The van der Waals surface area contributed by atoms with Gasteiger partial charge in [-0.25, -0.2) is 0 Å². The Hall–Kier alpha value is -3.25. The Bertz CT molecular complexity index is 998. The van der Waals surface area contributed by atoms with E-state index in [1.54, 1.807) is 36.0 Å². The molecule has 1 aliphatic rings. The first kappa shape index (κ1) is 17.2. The summed E-state index contributed by atoms with van der Waals surface area (Å²) in [5.74, 6) is -1.37. The summed E-state index contributed by atoms with van der Waals surface area (Å²) in [6.07, 6.45) is 3.25. The van der Waals surface area contributed by atoms with Crippen molar-refractivity contribution in [3.63, 3.8) is 0 Å². The Morgan fingerprint density at radius 2 is 1.93 bits per heavy atom. The first-order valence-corrected chi connectivity index (χ1v) is 9.31. The van der Waals surface area contributed by atoms with Crippen LogP contribution in [0.5, 0.6) is 0 Å². The molecule has 0 saturated heterocycles. The summed E-state index contributed by atoms with van der Waals surface area (Å²) in [7, 11) is 0. The van der Waals surface area contributed by atoms with Crippen molar-refractivity contribution in [2.75, 3.05) is 0 Å². The van der Waals surface area contributed by atoms with Gasteiger partial charge in [-0.05, 0) is 28.6 Å². The number of hydrogen-bond acceptors (Lipinski definition) is 5. The summed E-state index contributed by atoms with van der Waals surface area (Å²) in [6.45, 7) is 0.282. The minimum Gasteiger partial charge on any atom is -0.503 e. The normalized spacial score (nSPS) is 16.8. The zero-order chi connectivity index (χ0) is 18.8. The second-order valence-electron chi connectivity index (χ2n) is 6.18. The quantitative estimate of drug-likeness (QED) is 0.685. The number of ketones is 1. The van der Waals surface area contributed by atoms with Crippen LogP contribution >= 0.6 is 11.3 Å². The van der Waals surface area contributed by atoms with Crippen molar-refractivity contribution in [1.82, 2.24) is 9.88 Å². The van der Waals surface area contributed by atoms with Gasteiger partial charge in [-0.2, -0.15) is 0 Å². The maximum atomic E-state index is 13.0. The van der Waals surface area contributed by atoms with Gasteiger partial charge in [0.2, 0.25) is 5.78 Å². The molecule has 6 heteroatoms. The molecule has 0 radical (unpaired) electrons. The Labute approximate surface area is 160 Å². The number of benzene rings is 1. The average Bonchev–Trinajstić information content (AvgIpc) is 3.32. The predicted octanol–water partition coefficient (Wildman–Crippen LogP) is 3.92. The van der Waals surface area contributed by atoms with Crippen molar-refractivity contribution in [3.05, 3.63) is 99.7 Å². The molecule has 0 spiro atoms. The fraction of sp³-hybridized carbons (Fsp3) is 0.0952. The van der Waals surface area contributed by atoms with Crippen LogP contribution in [0.1, 0.15) is 26.8 Å². The third-order valence-electron chi connectivity index (χ3n) is 4.49. The second kappa shape index (κ2) is 7.17. The topological polar surface area (TPSA) is 70.5 Å². The summed E-state index contributed by atoms with van der Waals surface area (Å²) < 4.78 is 0. The lowest BCUT2D eigenvalue weighted by molar-refractivity contribution is -0.130. The summed E-state index contributed by atoms with van der Waals surface area (Å²) in [6, 6.07) is 15.8. The summed E-state index contributed by atoms with van der Waals surface area (Å²) in [4.78, 5) is 32.0. The highest BCUT2D eigenvalue weighted by molar-refractivity contribution is 7.12. The maximum absolute atomic E-state index is 13.0. The number of aromatic nitrogens is 1. The minimum atomic E-state index is -0.680. The largest absolute Gasteiger partial charge is 0.503 e. The first-order valence-electron chi connectivity index (χ1n) is 8.43. The SMILES string of the molecule is O=C(C1=C(O)C(=O)N(Cc2ccccc2)[C@H]1c1cccnc1)c1cccs1. The van der Waals surface area contributed by atoms with Gasteiger partial charge in [0.25, 0.3) is 5.91 Å². The van der Waals surface area contributed by atoms with Gasteiger partial charge in [-0.1, -0.05) is 42.5 Å². The van der Waals surface area contributed by atoms with Crippen LogP contribution in [0.4, 0.5) is 0 Å². The van der Waals surface area contributed by atoms with Crippen molar-refractivity contribution in [1.29, 1.82) is 0 Å². The maximum Gasteiger partial charge on any atom is 0.290 e. The van der Waals surface area contributed by atoms with E-state index in [0.717, 1.165) is 5.56 Å². The Kier molecular flexibility index (Phi) is 4.56. The smallest absolute Gasteiger partial charge is 0.290 e. The molecule has 0 saturated carbocycles. The van der Waals surface area contributed by atoms with Crippen LogP contribution in [-0.4, -0.2) is 26.7 Å². The van der Waals surface area contributed by atoms with E-state index in [9.17, 15) is 14.7 Å². The Balaban J connectivity index is 1.79. The van der Waals surface area contributed by atoms with Crippen LogP contribution < -0.4 is 0 Å². The lowest BCUT2D eigenvalue weighted by Crippen LogP contribution is -2.30. The third kappa shape index (κ3) is 3.15. The second-order valence-corrected chi connectivity index (χ2v) is 7.12. The highest BCUT2D eigenvalue weighted by Gasteiger charge is 2.44. The van der Waals surface area contributed by atoms with Crippen molar-refractivity contribution in [2.24, 2.45) is 0 Å². The first-order chi connectivity index (χ1) is 13.2. The van der Waals surface area contributed by atoms with E-state index in [1.165, 1.54) is 16.2 Å². The molecule has 4 rings (SSSR count). The van der Waals surface area contributed by atoms with Gasteiger partial charge in [-0.15, -0.1) is 11.3 Å². The number of pyridine rings is 1. The van der Waals surface area contributed by atoms with Crippen molar-refractivity contribution in [3.8, 4) is 0 Å². The molecule has 2 aromatic heterocycles. The summed E-state index contributed by atoms with van der Waals surface area (Å²) in [5.41, 5.74) is 1.70. The van der Waals surface area contributed by atoms with Gasteiger partial charge in [0.05, 0.1) is 16.5 Å². The van der Waals surface area contributed by atoms with Crippen molar-refractivity contribution >= 4 is 23.0 Å². The van der Waals surface area contributed by atoms with Crippen LogP contribution in [0, 0.1) is 0 Å². The van der Waals surface area contributed by atoms with Gasteiger partial charge in [0, 0.05) is 18.9 Å². The molecule has 1 amide bonds. The van der Waals surface area contributed by atoms with Gasteiger partial charge in [-0.3, -0.25) is 14.6 Å². The molecule has 1 aliphatic heterocycles. The average molecular weight is 376 g/mol. The van der Waals surface area contributed by atoms with Gasteiger partial charge in [0.15, 0.2) is 5.76 Å². The molecule has 5 nitrogen and oxygen atoms in total. The highest BCUT2D eigenvalue weighted by Crippen LogP contribution is 2.40. The van der Waals surface area contributed by atoms with Crippen LogP contribution in [0.2, 0.25) is 0 Å². The van der Waals surface area contributed by atoms with Gasteiger partial charge >= 0.3 is 0 Å². The number of amides is 1. The Morgan fingerprint density at radius 3 is 2.59 bits per heavy atom. The van der Waals surface area contributed by atoms with E-state index in [-0.39, 0.29) is 17.9 Å². The number of aliphatic hydroxyl groups excluding tert-OH is 1. The molecule has 0 aliphatic carbocycles. The fourth-order valence-corrected chi connectivity index (χ4v) is 3.93. The Morgan fingerprint density at radius 1 is 1.11 bits per heavy atom. The van der Waals surface area contributed by atoms with Crippen molar-refractivity contribution < 1.29 is 14.7 Å². The van der Waals surface area contributed by atoms with Crippen LogP contribution in [-0.2, 0) is 11.3 Å². The van der Waals surface area contributed by atoms with Crippen molar-refractivity contribution in [2.45, 2.75) is 12.6 Å². The molecule has 3 aromatic rings. The number of carbonyl (C=O) groups is 2. The molecule has 1 atom stereocenters. The molecule has 1 N–H and O–H groups in total. The lowest BCUT2D eigenvalue weighted by atomic mass is 9.96. The number of aliphatic hydroxyl groups is 1. The highest BCUT2D eigenvalue weighted by atomic mass is 32.1. The molecule has 3 heterocycles. The van der Waals surface area contributed by atoms with E-state index in [4.69, 9.17) is 0 Å². The molecular weight excluding hydrogens is 360 g/mol. The number of nitrogens with zero attached hydrogens (tertiary/aromatic N) is 2. The third-order valence-corrected chi connectivity index (χ3v) is 5.36. The van der Waals surface area contributed by atoms with Gasteiger partial charge in [0.1, 0.15) is 0 Å². The predicted molar refractivity (Wildman–Crippen MR) is 102 cm³/mol. The minimum absolute atomic E-state index is 0.103.